The molecule has 0 atom stereocenters. The van der Waals surface area contributed by atoms with Crippen LogP contribution in [0.15, 0.2) is 40.1 Å². The Bertz CT molecular complexity index is 725. The van der Waals surface area contributed by atoms with Gasteiger partial charge in [0.05, 0.1) is 0 Å². The molecular formula is C15H14N2O2S. The van der Waals surface area contributed by atoms with Crippen molar-refractivity contribution in [1.82, 2.24) is 4.98 Å². The molecule has 0 fully saturated rings. The summed E-state index contributed by atoms with van der Waals surface area (Å²) in [6.45, 7) is 3.70. The lowest BCUT2D eigenvalue weighted by atomic mass is 10.2. The zero-order chi connectivity index (χ0) is 14.1. The van der Waals surface area contributed by atoms with Crippen LogP contribution in [0.2, 0.25) is 0 Å². The monoisotopic (exact) mass is 286 g/mol. The van der Waals surface area contributed by atoms with Crippen LogP contribution in [0.1, 0.15) is 13.8 Å². The molecule has 1 amide bonds. The molecule has 0 saturated heterocycles. The van der Waals surface area contributed by atoms with Crippen LogP contribution in [0, 0.1) is 5.92 Å². The van der Waals surface area contributed by atoms with E-state index in [0.29, 0.717) is 10.9 Å². The molecule has 1 N–H and O–H groups in total. The average molecular weight is 286 g/mol. The van der Waals surface area contributed by atoms with Gasteiger partial charge in [-0.25, -0.2) is 4.98 Å². The molecule has 20 heavy (non-hydrogen) atoms. The Morgan fingerprint density at radius 1 is 1.35 bits per heavy atom. The van der Waals surface area contributed by atoms with Gasteiger partial charge in [0, 0.05) is 16.7 Å². The van der Waals surface area contributed by atoms with Gasteiger partial charge in [-0.15, -0.1) is 11.3 Å². The Morgan fingerprint density at radius 2 is 2.15 bits per heavy atom. The minimum absolute atomic E-state index is 0.0319. The number of anilines is 1. The number of carbonyl (C=O) groups is 1. The highest BCUT2D eigenvalue weighted by Gasteiger charge is 2.13. The third-order valence-electron chi connectivity index (χ3n) is 2.94. The molecule has 102 valence electrons. The summed E-state index contributed by atoms with van der Waals surface area (Å²) in [4.78, 5) is 16.0. The highest BCUT2D eigenvalue weighted by molar-refractivity contribution is 7.14. The largest absolute Gasteiger partial charge is 0.454 e. The van der Waals surface area contributed by atoms with Crippen LogP contribution in [-0.2, 0) is 4.79 Å². The third kappa shape index (κ3) is 2.44. The van der Waals surface area contributed by atoms with Gasteiger partial charge in [-0.05, 0) is 12.1 Å². The van der Waals surface area contributed by atoms with E-state index in [9.17, 15) is 4.79 Å². The zero-order valence-corrected chi connectivity index (χ0v) is 12.0. The van der Waals surface area contributed by atoms with Crippen LogP contribution in [0.25, 0.3) is 22.4 Å². The number of nitrogens with one attached hydrogen (secondary N) is 1. The molecule has 0 aliphatic rings. The summed E-state index contributed by atoms with van der Waals surface area (Å²) in [6.07, 6.45) is 0. The number of carbonyl (C=O) groups excluding carboxylic acids is 1. The highest BCUT2D eigenvalue weighted by Crippen LogP contribution is 2.30. The average Bonchev–Trinajstić information content (AvgIpc) is 3.03. The van der Waals surface area contributed by atoms with Crippen LogP contribution < -0.4 is 5.32 Å². The molecule has 5 heteroatoms. The van der Waals surface area contributed by atoms with Crippen molar-refractivity contribution in [2.24, 2.45) is 5.92 Å². The standard InChI is InChI=1S/C15H14N2O2S/c1-9(2)14(18)17-15-16-11(8-20-15)13-7-10-5-3-4-6-12(10)19-13/h3-9H,1-2H3,(H,16,17,18). The van der Waals surface area contributed by atoms with Gasteiger partial charge in [0.2, 0.25) is 5.91 Å². The Labute approximate surface area is 120 Å². The summed E-state index contributed by atoms with van der Waals surface area (Å²) in [5.41, 5.74) is 1.58. The van der Waals surface area contributed by atoms with E-state index in [0.717, 1.165) is 16.7 Å². The molecule has 0 radical (unpaired) electrons. The molecule has 1 aromatic carbocycles. The quantitative estimate of drug-likeness (QED) is 0.787. The van der Waals surface area contributed by atoms with Crippen LogP contribution in [0.4, 0.5) is 5.13 Å². The Morgan fingerprint density at radius 3 is 2.90 bits per heavy atom. The molecule has 0 aliphatic heterocycles. The van der Waals surface area contributed by atoms with Gasteiger partial charge in [-0.2, -0.15) is 0 Å². The number of fused-ring (bicyclic) bond motifs is 1. The molecule has 0 bridgehead atoms. The molecule has 4 nitrogen and oxygen atoms in total. The number of amides is 1. The van der Waals surface area contributed by atoms with E-state index in [4.69, 9.17) is 4.42 Å². The number of hydrogen-bond donors (Lipinski definition) is 1. The first-order valence-electron chi connectivity index (χ1n) is 6.39. The highest BCUT2D eigenvalue weighted by atomic mass is 32.1. The molecule has 3 rings (SSSR count). The van der Waals surface area contributed by atoms with Crippen molar-refractivity contribution in [3.05, 3.63) is 35.7 Å². The SMILES string of the molecule is CC(C)C(=O)Nc1nc(-c2cc3ccccc3o2)cs1. The molecule has 3 aromatic rings. The third-order valence-corrected chi connectivity index (χ3v) is 3.69. The fourth-order valence-corrected chi connectivity index (χ4v) is 2.50. The van der Waals surface area contributed by atoms with Crippen molar-refractivity contribution in [3.63, 3.8) is 0 Å². The van der Waals surface area contributed by atoms with Gasteiger partial charge in [-0.3, -0.25) is 4.79 Å². The van der Waals surface area contributed by atoms with Crippen LogP contribution >= 0.6 is 11.3 Å². The first-order chi connectivity index (χ1) is 9.63. The van der Waals surface area contributed by atoms with E-state index in [1.165, 1.54) is 11.3 Å². The number of hydrogen-bond acceptors (Lipinski definition) is 4. The predicted molar refractivity (Wildman–Crippen MR) is 80.8 cm³/mol. The maximum Gasteiger partial charge on any atom is 0.228 e. The second-order valence-electron chi connectivity index (χ2n) is 4.83. The summed E-state index contributed by atoms with van der Waals surface area (Å²) in [5.74, 6) is 0.622. The summed E-state index contributed by atoms with van der Waals surface area (Å²) in [6, 6.07) is 9.78. The van der Waals surface area contributed by atoms with E-state index >= 15 is 0 Å². The lowest BCUT2D eigenvalue weighted by molar-refractivity contribution is -0.118. The second-order valence-corrected chi connectivity index (χ2v) is 5.69. The number of para-hydroxylation sites is 1. The van der Waals surface area contributed by atoms with Gasteiger partial charge in [0.25, 0.3) is 0 Å². The van der Waals surface area contributed by atoms with Gasteiger partial charge < -0.3 is 9.73 Å². The first kappa shape index (κ1) is 12.9. The van der Waals surface area contributed by atoms with Crippen LogP contribution in [0.5, 0.6) is 0 Å². The topological polar surface area (TPSA) is 55.1 Å². The predicted octanol–water partition coefficient (Wildman–Crippen LogP) is 4.15. The minimum Gasteiger partial charge on any atom is -0.454 e. The van der Waals surface area contributed by atoms with E-state index in [2.05, 4.69) is 10.3 Å². The maximum absolute atomic E-state index is 11.6. The molecule has 2 aromatic heterocycles. The number of rotatable bonds is 3. The molecule has 0 spiro atoms. The molecule has 0 unspecified atom stereocenters. The maximum atomic E-state index is 11.6. The van der Waals surface area contributed by atoms with Gasteiger partial charge >= 0.3 is 0 Å². The van der Waals surface area contributed by atoms with E-state index in [1.54, 1.807) is 0 Å². The Balaban J connectivity index is 1.87. The van der Waals surface area contributed by atoms with E-state index in [-0.39, 0.29) is 11.8 Å². The van der Waals surface area contributed by atoms with Crippen LogP contribution in [-0.4, -0.2) is 10.9 Å². The zero-order valence-electron chi connectivity index (χ0n) is 11.2. The minimum atomic E-state index is -0.0615. The lowest BCUT2D eigenvalue weighted by Crippen LogP contribution is -2.17. The van der Waals surface area contributed by atoms with Crippen molar-refractivity contribution in [3.8, 4) is 11.5 Å². The van der Waals surface area contributed by atoms with Crippen molar-refractivity contribution >= 4 is 33.3 Å². The first-order valence-corrected chi connectivity index (χ1v) is 7.27. The van der Waals surface area contributed by atoms with Crippen molar-refractivity contribution in [2.75, 3.05) is 5.32 Å². The van der Waals surface area contributed by atoms with Gasteiger partial charge in [0.15, 0.2) is 10.9 Å². The number of thiazole rings is 1. The number of nitrogens with zero attached hydrogens (tertiary/aromatic N) is 1. The Kier molecular flexibility index (Phi) is 3.28. The van der Waals surface area contributed by atoms with Gasteiger partial charge in [0.1, 0.15) is 11.3 Å². The number of furan rings is 1. The normalized spacial score (nSPS) is 11.2. The molecule has 2 heterocycles. The fourth-order valence-electron chi connectivity index (χ4n) is 1.80. The van der Waals surface area contributed by atoms with Crippen molar-refractivity contribution in [2.45, 2.75) is 13.8 Å². The fraction of sp³-hybridized carbons (Fsp3) is 0.200. The lowest BCUT2D eigenvalue weighted by Gasteiger charge is -2.02. The number of benzene rings is 1. The second kappa shape index (κ2) is 5.09. The number of aromatic nitrogens is 1. The van der Waals surface area contributed by atoms with Crippen LogP contribution in [0.3, 0.4) is 0 Å². The van der Waals surface area contributed by atoms with Crippen molar-refractivity contribution < 1.29 is 9.21 Å². The summed E-state index contributed by atoms with van der Waals surface area (Å²) >= 11 is 1.40. The van der Waals surface area contributed by atoms with E-state index in [1.807, 2.05) is 49.6 Å². The molecule has 0 saturated carbocycles. The molecular weight excluding hydrogens is 272 g/mol. The molecule has 0 aliphatic carbocycles. The van der Waals surface area contributed by atoms with Crippen molar-refractivity contribution in [1.29, 1.82) is 0 Å². The Hall–Kier alpha value is -2.14. The van der Waals surface area contributed by atoms with E-state index < -0.39 is 0 Å². The van der Waals surface area contributed by atoms with Gasteiger partial charge in [-0.1, -0.05) is 32.0 Å². The summed E-state index contributed by atoms with van der Waals surface area (Å²) in [5, 5.41) is 6.32. The summed E-state index contributed by atoms with van der Waals surface area (Å²) < 4.78 is 5.75. The smallest absolute Gasteiger partial charge is 0.228 e. The summed E-state index contributed by atoms with van der Waals surface area (Å²) in [7, 11) is 0.